The lowest BCUT2D eigenvalue weighted by atomic mass is 9.74. The highest BCUT2D eigenvalue weighted by atomic mass is 35.5. The minimum atomic E-state index is -4.45. The van der Waals surface area contributed by atoms with Crippen LogP contribution >= 0.6 is 11.6 Å². The van der Waals surface area contributed by atoms with E-state index in [0.29, 0.717) is 11.3 Å². The van der Waals surface area contributed by atoms with Crippen molar-refractivity contribution in [3.05, 3.63) is 28.9 Å². The maximum Gasteiger partial charge on any atom is 0.408 e. The molecular weight excluding hydrogens is 577 g/mol. The normalized spacial score (nSPS) is 20.6. The standard InChI is InChI=1S/C25H32ClF3N4O6S/c1-5-33-21(17-7-6-15(12-18(17)39-3)31-14(2)25(27,28)29)19(26)20(32-33)22(34)30-13-24(23(35)36)10-8-16(9-11-24)40(4,37)38/h6-7,12,14,16,31H,5,8-11,13H2,1-4H3,(H,30,34)(H,35,36). The Balaban J connectivity index is 1.86. The number of aliphatic carboxylic acids is 1. The molecule has 1 heterocycles. The number of benzene rings is 1. The molecule has 0 radical (unpaired) electrons. The Labute approximate surface area is 235 Å². The molecule has 10 nitrogen and oxygen atoms in total. The number of aryl methyl sites for hydroxylation is 1. The monoisotopic (exact) mass is 608 g/mol. The Kier molecular flexibility index (Phi) is 9.34. The summed E-state index contributed by atoms with van der Waals surface area (Å²) < 4.78 is 69.6. The number of carboxylic acid groups (broad SMARTS) is 1. The van der Waals surface area contributed by atoms with Gasteiger partial charge in [-0.15, -0.1) is 0 Å². The number of nitrogens with zero attached hydrogens (tertiary/aromatic N) is 2. The van der Waals surface area contributed by atoms with Crippen molar-refractivity contribution in [2.75, 3.05) is 25.2 Å². The Hall–Kier alpha value is -3.00. The molecule has 3 N–H and O–H groups in total. The highest BCUT2D eigenvalue weighted by Gasteiger charge is 2.44. The van der Waals surface area contributed by atoms with Gasteiger partial charge in [-0.3, -0.25) is 14.3 Å². The van der Waals surface area contributed by atoms with Crippen LogP contribution in [0.15, 0.2) is 18.2 Å². The van der Waals surface area contributed by atoms with Crippen molar-refractivity contribution >= 4 is 39.0 Å². The Bertz CT molecular complexity index is 1370. The fourth-order valence-electron chi connectivity index (χ4n) is 4.75. The van der Waals surface area contributed by atoms with Crippen LogP contribution < -0.4 is 15.4 Å². The number of aromatic nitrogens is 2. The van der Waals surface area contributed by atoms with E-state index in [9.17, 15) is 36.3 Å². The fourth-order valence-corrected chi connectivity index (χ4v) is 6.17. The number of carbonyl (C=O) groups is 2. The first kappa shape index (κ1) is 31.5. The van der Waals surface area contributed by atoms with Crippen molar-refractivity contribution in [3.8, 4) is 17.0 Å². The van der Waals surface area contributed by atoms with Crippen LogP contribution in [-0.4, -0.2) is 72.6 Å². The number of nitrogens with one attached hydrogen (secondary N) is 2. The molecule has 1 unspecified atom stereocenters. The van der Waals surface area contributed by atoms with Crippen LogP contribution in [0.25, 0.3) is 11.3 Å². The summed E-state index contributed by atoms with van der Waals surface area (Å²) in [7, 11) is -1.97. The molecule has 0 aliphatic heterocycles. The van der Waals surface area contributed by atoms with Gasteiger partial charge < -0.3 is 20.5 Å². The largest absolute Gasteiger partial charge is 0.496 e. The van der Waals surface area contributed by atoms with Gasteiger partial charge in [-0.1, -0.05) is 11.6 Å². The zero-order valence-electron chi connectivity index (χ0n) is 22.4. The summed E-state index contributed by atoms with van der Waals surface area (Å²) in [5.41, 5.74) is -0.667. The zero-order valence-corrected chi connectivity index (χ0v) is 24.0. The molecule has 1 saturated carbocycles. The van der Waals surface area contributed by atoms with Crippen molar-refractivity contribution in [3.63, 3.8) is 0 Å². The van der Waals surface area contributed by atoms with Gasteiger partial charge in [-0.05, 0) is 51.7 Å². The molecule has 1 aliphatic carbocycles. The van der Waals surface area contributed by atoms with Crippen LogP contribution in [0.2, 0.25) is 5.02 Å². The Morgan fingerprint density at radius 2 is 1.93 bits per heavy atom. The minimum Gasteiger partial charge on any atom is -0.496 e. The summed E-state index contributed by atoms with van der Waals surface area (Å²) in [6, 6.07) is 2.50. The van der Waals surface area contributed by atoms with E-state index in [4.69, 9.17) is 16.3 Å². The van der Waals surface area contributed by atoms with E-state index < -0.39 is 44.6 Å². The molecule has 40 heavy (non-hydrogen) atoms. The maximum atomic E-state index is 13.1. The van der Waals surface area contributed by atoms with Gasteiger partial charge in [0.15, 0.2) is 5.69 Å². The van der Waals surface area contributed by atoms with E-state index in [1.807, 2.05) is 0 Å². The minimum absolute atomic E-state index is 0.0489. The lowest BCUT2D eigenvalue weighted by Gasteiger charge is -2.36. The number of rotatable bonds is 10. The Morgan fingerprint density at radius 3 is 2.42 bits per heavy atom. The number of hydrogen-bond donors (Lipinski definition) is 3. The maximum absolute atomic E-state index is 13.1. The van der Waals surface area contributed by atoms with Gasteiger partial charge in [-0.2, -0.15) is 18.3 Å². The second-order valence-electron chi connectivity index (χ2n) is 9.95. The molecular formula is C25H32ClF3N4O6S. The number of carbonyl (C=O) groups excluding carboxylic acids is 1. The average molecular weight is 609 g/mol. The highest BCUT2D eigenvalue weighted by Crippen LogP contribution is 2.40. The lowest BCUT2D eigenvalue weighted by Crippen LogP contribution is -2.47. The molecule has 1 aromatic carbocycles. The van der Waals surface area contributed by atoms with E-state index in [-0.39, 0.29) is 60.9 Å². The van der Waals surface area contributed by atoms with Crippen molar-refractivity contribution < 1.29 is 41.0 Å². The number of sulfone groups is 1. The third kappa shape index (κ3) is 6.65. The second kappa shape index (κ2) is 11.9. The number of methoxy groups -OCH3 is 1. The molecule has 2 aromatic rings. The third-order valence-corrected chi connectivity index (χ3v) is 9.32. The van der Waals surface area contributed by atoms with Crippen LogP contribution in [0.1, 0.15) is 50.0 Å². The van der Waals surface area contributed by atoms with Crippen molar-refractivity contribution in [1.82, 2.24) is 15.1 Å². The fraction of sp³-hybridized carbons (Fsp3) is 0.560. The van der Waals surface area contributed by atoms with Crippen LogP contribution in [0.5, 0.6) is 5.75 Å². The van der Waals surface area contributed by atoms with E-state index in [1.54, 1.807) is 6.92 Å². The predicted molar refractivity (Wildman–Crippen MR) is 144 cm³/mol. The van der Waals surface area contributed by atoms with E-state index in [0.717, 1.165) is 13.2 Å². The molecule has 222 valence electrons. The van der Waals surface area contributed by atoms with E-state index in [2.05, 4.69) is 15.7 Å². The molecule has 0 bridgehead atoms. The summed E-state index contributed by atoms with van der Waals surface area (Å²) in [5, 5.41) is 18.5. The van der Waals surface area contributed by atoms with Gasteiger partial charge in [0.25, 0.3) is 5.91 Å². The predicted octanol–water partition coefficient (Wildman–Crippen LogP) is 4.38. The molecule has 1 amide bonds. The molecule has 0 saturated heterocycles. The van der Waals surface area contributed by atoms with Gasteiger partial charge >= 0.3 is 12.1 Å². The van der Waals surface area contributed by atoms with E-state index in [1.165, 1.54) is 30.0 Å². The van der Waals surface area contributed by atoms with Gasteiger partial charge in [0, 0.05) is 36.7 Å². The number of alkyl halides is 3. The first-order chi connectivity index (χ1) is 18.5. The van der Waals surface area contributed by atoms with Gasteiger partial charge in [0.2, 0.25) is 0 Å². The molecule has 1 fully saturated rings. The molecule has 3 rings (SSSR count). The number of ether oxygens (including phenoxy) is 1. The topological polar surface area (TPSA) is 140 Å². The van der Waals surface area contributed by atoms with Crippen molar-refractivity contribution in [2.24, 2.45) is 5.41 Å². The summed E-state index contributed by atoms with van der Waals surface area (Å²) in [4.78, 5) is 25.3. The highest BCUT2D eigenvalue weighted by molar-refractivity contribution is 7.91. The third-order valence-electron chi connectivity index (χ3n) is 7.28. The van der Waals surface area contributed by atoms with E-state index >= 15 is 0 Å². The molecule has 0 spiro atoms. The molecule has 1 atom stereocenters. The number of hydrogen-bond acceptors (Lipinski definition) is 7. The zero-order chi connectivity index (χ0) is 30.0. The number of anilines is 1. The summed E-state index contributed by atoms with van der Waals surface area (Å²) in [6.07, 6.45) is -2.84. The van der Waals surface area contributed by atoms with Gasteiger partial charge in [-0.25, -0.2) is 8.42 Å². The molecule has 1 aromatic heterocycles. The lowest BCUT2D eigenvalue weighted by molar-refractivity contribution is -0.150. The van der Waals surface area contributed by atoms with Crippen LogP contribution in [-0.2, 0) is 21.2 Å². The number of amides is 1. The van der Waals surface area contributed by atoms with Crippen LogP contribution in [0.4, 0.5) is 18.9 Å². The quantitative estimate of drug-likeness (QED) is 0.361. The van der Waals surface area contributed by atoms with Crippen molar-refractivity contribution in [2.45, 2.75) is 63.5 Å². The summed E-state index contributed by atoms with van der Waals surface area (Å²) >= 11 is 6.59. The first-order valence-corrected chi connectivity index (χ1v) is 14.9. The smallest absolute Gasteiger partial charge is 0.408 e. The Morgan fingerprint density at radius 1 is 1.30 bits per heavy atom. The second-order valence-corrected chi connectivity index (χ2v) is 12.7. The first-order valence-electron chi connectivity index (χ1n) is 12.5. The summed E-state index contributed by atoms with van der Waals surface area (Å²) in [5.74, 6) is -1.67. The number of halogens is 4. The van der Waals surface area contributed by atoms with Gasteiger partial charge in [0.1, 0.15) is 21.6 Å². The molecule has 15 heteroatoms. The average Bonchev–Trinajstić information content (AvgIpc) is 3.22. The SMILES string of the molecule is CCn1nc(C(=O)NCC2(C(=O)O)CCC(S(C)(=O)=O)CC2)c(Cl)c1-c1ccc(NC(C)C(F)(F)F)cc1OC. The summed E-state index contributed by atoms with van der Waals surface area (Å²) in [6.45, 7) is 2.77. The number of carboxylic acids is 1. The van der Waals surface area contributed by atoms with Crippen LogP contribution in [0.3, 0.4) is 0 Å². The molecule has 1 aliphatic rings. The van der Waals surface area contributed by atoms with Crippen LogP contribution in [0, 0.1) is 5.41 Å². The van der Waals surface area contributed by atoms with Crippen molar-refractivity contribution in [1.29, 1.82) is 0 Å². The van der Waals surface area contributed by atoms with Gasteiger partial charge in [0.05, 0.1) is 28.5 Å².